The minimum Gasteiger partial charge on any atom is -0.243 e. The summed E-state index contributed by atoms with van der Waals surface area (Å²) in [6.07, 6.45) is -4.49. The van der Waals surface area contributed by atoms with Crippen LogP contribution in [-0.2, 0) is 6.18 Å². The second kappa shape index (κ2) is 4.37. The molecule has 5 heteroatoms. The van der Waals surface area contributed by atoms with Gasteiger partial charge in [0, 0.05) is 10.6 Å². The van der Waals surface area contributed by atoms with Gasteiger partial charge in [0.25, 0.3) is 0 Å². The standard InChI is InChI=1S/C12H7ClF3N/c13-9-6-10(8-4-2-1-3-5-8)17-11(7-9)12(14,15)16/h1-7H. The number of halogens is 4. The molecule has 0 saturated carbocycles. The number of rotatable bonds is 1. The molecule has 0 spiro atoms. The second-order valence-corrected chi connectivity index (χ2v) is 3.86. The monoisotopic (exact) mass is 257 g/mol. The van der Waals surface area contributed by atoms with Gasteiger partial charge in [-0.05, 0) is 12.1 Å². The predicted octanol–water partition coefficient (Wildman–Crippen LogP) is 4.42. The Morgan fingerprint density at radius 1 is 1.00 bits per heavy atom. The van der Waals surface area contributed by atoms with E-state index in [1.54, 1.807) is 30.3 Å². The fourth-order valence-electron chi connectivity index (χ4n) is 1.40. The van der Waals surface area contributed by atoms with Crippen LogP contribution in [0.5, 0.6) is 0 Å². The molecule has 1 aromatic heterocycles. The van der Waals surface area contributed by atoms with Crippen molar-refractivity contribution in [2.75, 3.05) is 0 Å². The largest absolute Gasteiger partial charge is 0.433 e. The van der Waals surface area contributed by atoms with Crippen molar-refractivity contribution < 1.29 is 13.2 Å². The van der Waals surface area contributed by atoms with Crippen molar-refractivity contribution >= 4 is 11.6 Å². The quantitative estimate of drug-likeness (QED) is 0.737. The molecule has 0 aliphatic carbocycles. The number of alkyl halides is 3. The normalized spacial score (nSPS) is 11.5. The van der Waals surface area contributed by atoms with Gasteiger partial charge in [-0.25, -0.2) is 4.98 Å². The molecule has 0 aliphatic heterocycles. The number of benzene rings is 1. The van der Waals surface area contributed by atoms with E-state index >= 15 is 0 Å². The lowest BCUT2D eigenvalue weighted by Crippen LogP contribution is -2.08. The Morgan fingerprint density at radius 3 is 2.24 bits per heavy atom. The van der Waals surface area contributed by atoms with Crippen LogP contribution in [0.2, 0.25) is 5.02 Å². The van der Waals surface area contributed by atoms with E-state index in [9.17, 15) is 13.2 Å². The first-order chi connectivity index (χ1) is 7.97. The molecule has 2 rings (SSSR count). The minimum atomic E-state index is -4.49. The van der Waals surface area contributed by atoms with Gasteiger partial charge in [0.05, 0.1) is 5.69 Å². The Bertz CT molecular complexity index is 523. The first-order valence-electron chi connectivity index (χ1n) is 4.77. The third-order valence-electron chi connectivity index (χ3n) is 2.15. The van der Waals surface area contributed by atoms with Crippen molar-refractivity contribution in [2.24, 2.45) is 0 Å². The molecule has 0 saturated heterocycles. The van der Waals surface area contributed by atoms with Gasteiger partial charge in [-0.1, -0.05) is 41.9 Å². The highest BCUT2D eigenvalue weighted by Crippen LogP contribution is 2.31. The summed E-state index contributed by atoms with van der Waals surface area (Å²) in [5.41, 5.74) is -0.172. The number of hydrogen-bond acceptors (Lipinski definition) is 1. The van der Waals surface area contributed by atoms with Crippen molar-refractivity contribution in [3.8, 4) is 11.3 Å². The van der Waals surface area contributed by atoms with E-state index in [-0.39, 0.29) is 10.7 Å². The Labute approximate surface area is 101 Å². The molecule has 1 nitrogen and oxygen atoms in total. The van der Waals surface area contributed by atoms with Crippen LogP contribution in [0.1, 0.15) is 5.69 Å². The summed E-state index contributed by atoms with van der Waals surface area (Å²) >= 11 is 5.67. The summed E-state index contributed by atoms with van der Waals surface area (Å²) in [6, 6.07) is 10.8. The average molecular weight is 258 g/mol. The molecular formula is C12H7ClF3N. The fraction of sp³-hybridized carbons (Fsp3) is 0.0833. The third-order valence-corrected chi connectivity index (χ3v) is 2.37. The first-order valence-corrected chi connectivity index (χ1v) is 5.15. The Kier molecular flexibility index (Phi) is 3.07. The van der Waals surface area contributed by atoms with Gasteiger partial charge in [0.15, 0.2) is 0 Å². The zero-order valence-corrected chi connectivity index (χ0v) is 9.26. The predicted molar refractivity (Wildman–Crippen MR) is 59.7 cm³/mol. The maximum absolute atomic E-state index is 12.5. The van der Waals surface area contributed by atoms with Gasteiger partial charge in [0.2, 0.25) is 0 Å². The van der Waals surface area contributed by atoms with Crippen molar-refractivity contribution in [1.82, 2.24) is 4.98 Å². The first kappa shape index (κ1) is 11.9. The summed E-state index contributed by atoms with van der Waals surface area (Å²) in [5.74, 6) is 0. The Balaban J connectivity index is 2.54. The minimum absolute atomic E-state index is 0.0196. The maximum atomic E-state index is 12.5. The molecule has 1 heterocycles. The van der Waals surface area contributed by atoms with E-state index in [1.807, 2.05) is 0 Å². The SMILES string of the molecule is FC(F)(F)c1cc(Cl)cc(-c2ccccc2)n1. The lowest BCUT2D eigenvalue weighted by atomic mass is 10.1. The lowest BCUT2D eigenvalue weighted by Gasteiger charge is -2.08. The highest BCUT2D eigenvalue weighted by molar-refractivity contribution is 6.30. The molecular weight excluding hydrogens is 251 g/mol. The van der Waals surface area contributed by atoms with Gasteiger partial charge in [-0.15, -0.1) is 0 Å². The Morgan fingerprint density at radius 2 is 1.65 bits per heavy atom. The number of nitrogens with zero attached hydrogens (tertiary/aromatic N) is 1. The van der Waals surface area contributed by atoms with Crippen LogP contribution in [0, 0.1) is 0 Å². The maximum Gasteiger partial charge on any atom is 0.433 e. The molecule has 0 bridgehead atoms. The highest BCUT2D eigenvalue weighted by atomic mass is 35.5. The molecule has 1 aromatic carbocycles. The Hall–Kier alpha value is -1.55. The summed E-state index contributed by atoms with van der Waals surface area (Å²) < 4.78 is 37.6. The van der Waals surface area contributed by atoms with E-state index in [1.165, 1.54) is 6.07 Å². The topological polar surface area (TPSA) is 12.9 Å². The summed E-state index contributed by atoms with van der Waals surface area (Å²) in [6.45, 7) is 0. The van der Waals surface area contributed by atoms with Crippen LogP contribution in [0.25, 0.3) is 11.3 Å². The molecule has 0 amide bonds. The smallest absolute Gasteiger partial charge is 0.243 e. The van der Waals surface area contributed by atoms with Gasteiger partial charge in [0.1, 0.15) is 5.69 Å². The van der Waals surface area contributed by atoms with Crippen LogP contribution in [0.15, 0.2) is 42.5 Å². The van der Waals surface area contributed by atoms with Crippen molar-refractivity contribution in [1.29, 1.82) is 0 Å². The molecule has 0 radical (unpaired) electrons. The molecule has 0 fully saturated rings. The molecule has 0 unspecified atom stereocenters. The summed E-state index contributed by atoms with van der Waals surface area (Å²) in [4.78, 5) is 3.57. The molecule has 17 heavy (non-hydrogen) atoms. The van der Waals surface area contributed by atoms with Crippen LogP contribution in [0.3, 0.4) is 0 Å². The zero-order valence-electron chi connectivity index (χ0n) is 8.50. The molecule has 2 aromatic rings. The van der Waals surface area contributed by atoms with Crippen molar-refractivity contribution in [3.63, 3.8) is 0 Å². The summed E-state index contributed by atoms with van der Waals surface area (Å²) in [7, 11) is 0. The van der Waals surface area contributed by atoms with E-state index in [2.05, 4.69) is 4.98 Å². The number of pyridine rings is 1. The van der Waals surface area contributed by atoms with Crippen molar-refractivity contribution in [3.05, 3.63) is 53.2 Å². The molecule has 88 valence electrons. The van der Waals surface area contributed by atoms with Crippen LogP contribution in [0.4, 0.5) is 13.2 Å². The van der Waals surface area contributed by atoms with Gasteiger partial charge < -0.3 is 0 Å². The lowest BCUT2D eigenvalue weighted by molar-refractivity contribution is -0.141. The molecule has 0 aliphatic rings. The van der Waals surface area contributed by atoms with Crippen LogP contribution in [-0.4, -0.2) is 4.98 Å². The highest BCUT2D eigenvalue weighted by Gasteiger charge is 2.33. The third kappa shape index (κ3) is 2.77. The van der Waals surface area contributed by atoms with Crippen LogP contribution < -0.4 is 0 Å². The summed E-state index contributed by atoms with van der Waals surface area (Å²) in [5, 5.41) is 0.0196. The van der Waals surface area contributed by atoms with E-state index < -0.39 is 11.9 Å². The number of hydrogen-bond donors (Lipinski definition) is 0. The average Bonchev–Trinajstić information content (AvgIpc) is 2.28. The van der Waals surface area contributed by atoms with E-state index in [4.69, 9.17) is 11.6 Å². The molecule has 0 N–H and O–H groups in total. The zero-order chi connectivity index (χ0) is 12.5. The van der Waals surface area contributed by atoms with Crippen LogP contribution >= 0.6 is 11.6 Å². The number of aromatic nitrogens is 1. The van der Waals surface area contributed by atoms with Gasteiger partial charge >= 0.3 is 6.18 Å². The van der Waals surface area contributed by atoms with E-state index in [0.717, 1.165) is 6.07 Å². The fourth-order valence-corrected chi connectivity index (χ4v) is 1.61. The van der Waals surface area contributed by atoms with Crippen molar-refractivity contribution in [2.45, 2.75) is 6.18 Å². The van der Waals surface area contributed by atoms with Gasteiger partial charge in [-0.3, -0.25) is 0 Å². The van der Waals surface area contributed by atoms with E-state index in [0.29, 0.717) is 5.56 Å². The molecule has 0 atom stereocenters. The van der Waals surface area contributed by atoms with Gasteiger partial charge in [-0.2, -0.15) is 13.2 Å². The second-order valence-electron chi connectivity index (χ2n) is 3.42.